The summed E-state index contributed by atoms with van der Waals surface area (Å²) in [4.78, 5) is 2.65. The van der Waals surface area contributed by atoms with E-state index in [-0.39, 0.29) is 0 Å². The van der Waals surface area contributed by atoms with Crippen LogP contribution in [0, 0.1) is 5.92 Å². The third-order valence-corrected chi connectivity index (χ3v) is 3.77. The molecule has 0 spiro atoms. The first-order chi connectivity index (χ1) is 8.85. The van der Waals surface area contributed by atoms with Crippen LogP contribution < -0.4 is 5.73 Å². The van der Waals surface area contributed by atoms with Crippen molar-refractivity contribution in [2.24, 2.45) is 11.7 Å². The standard InChI is InChI=1S/C16H26N2/c1-2-12-18(13-14-8-9-14)16(10-11-17)15-6-4-3-5-7-15/h3-7,14,16H,2,8-13,17H2,1H3. The highest BCUT2D eigenvalue weighted by Crippen LogP contribution is 2.33. The van der Waals surface area contributed by atoms with Crippen LogP contribution in [0.2, 0.25) is 0 Å². The minimum Gasteiger partial charge on any atom is -0.330 e. The van der Waals surface area contributed by atoms with Gasteiger partial charge in [0.15, 0.2) is 0 Å². The van der Waals surface area contributed by atoms with E-state index in [1.807, 2.05) is 0 Å². The van der Waals surface area contributed by atoms with E-state index < -0.39 is 0 Å². The van der Waals surface area contributed by atoms with E-state index >= 15 is 0 Å². The second-order valence-corrected chi connectivity index (χ2v) is 5.44. The summed E-state index contributed by atoms with van der Waals surface area (Å²) in [5.74, 6) is 0.945. The predicted molar refractivity (Wildman–Crippen MR) is 77.4 cm³/mol. The maximum Gasteiger partial charge on any atom is 0.0360 e. The summed E-state index contributed by atoms with van der Waals surface area (Å²) in [6.45, 7) is 5.48. The highest BCUT2D eigenvalue weighted by atomic mass is 15.2. The van der Waals surface area contributed by atoms with Gasteiger partial charge in [-0.25, -0.2) is 0 Å². The lowest BCUT2D eigenvalue weighted by Gasteiger charge is -2.32. The van der Waals surface area contributed by atoms with Crippen LogP contribution in [-0.4, -0.2) is 24.5 Å². The first kappa shape index (κ1) is 13.6. The minimum absolute atomic E-state index is 0.511. The van der Waals surface area contributed by atoms with Gasteiger partial charge in [-0.05, 0) is 50.3 Å². The fourth-order valence-corrected chi connectivity index (χ4v) is 2.69. The molecular formula is C16H26N2. The molecule has 0 amide bonds. The Hall–Kier alpha value is -0.860. The largest absolute Gasteiger partial charge is 0.330 e. The Morgan fingerprint density at radius 3 is 2.56 bits per heavy atom. The van der Waals surface area contributed by atoms with Crippen LogP contribution in [0.15, 0.2) is 30.3 Å². The van der Waals surface area contributed by atoms with Gasteiger partial charge in [0.1, 0.15) is 0 Å². The molecule has 1 aliphatic rings. The predicted octanol–water partition coefficient (Wildman–Crippen LogP) is 3.20. The van der Waals surface area contributed by atoms with Crippen molar-refractivity contribution < 1.29 is 0 Å². The summed E-state index contributed by atoms with van der Waals surface area (Å²) < 4.78 is 0. The Morgan fingerprint density at radius 2 is 2.00 bits per heavy atom. The molecule has 0 aliphatic heterocycles. The molecule has 0 heterocycles. The average Bonchev–Trinajstić information content (AvgIpc) is 3.21. The third kappa shape index (κ3) is 3.82. The van der Waals surface area contributed by atoms with Crippen LogP contribution in [0.5, 0.6) is 0 Å². The van der Waals surface area contributed by atoms with Crippen LogP contribution in [-0.2, 0) is 0 Å². The van der Waals surface area contributed by atoms with E-state index in [0.29, 0.717) is 6.04 Å². The summed E-state index contributed by atoms with van der Waals surface area (Å²) in [6, 6.07) is 11.4. The van der Waals surface area contributed by atoms with Gasteiger partial charge < -0.3 is 5.73 Å². The van der Waals surface area contributed by atoms with Crippen LogP contribution in [0.1, 0.15) is 44.2 Å². The molecule has 0 bridgehead atoms. The van der Waals surface area contributed by atoms with Crippen molar-refractivity contribution in [1.82, 2.24) is 4.90 Å². The van der Waals surface area contributed by atoms with Gasteiger partial charge in [0, 0.05) is 12.6 Å². The molecule has 1 aromatic carbocycles. The van der Waals surface area contributed by atoms with E-state index in [0.717, 1.165) is 18.9 Å². The molecule has 1 atom stereocenters. The molecule has 1 aliphatic carbocycles. The zero-order valence-corrected chi connectivity index (χ0v) is 11.5. The van der Waals surface area contributed by atoms with Crippen molar-refractivity contribution in [3.63, 3.8) is 0 Å². The first-order valence-corrected chi connectivity index (χ1v) is 7.34. The van der Waals surface area contributed by atoms with Gasteiger partial charge in [0.25, 0.3) is 0 Å². The molecule has 1 saturated carbocycles. The SMILES string of the molecule is CCCN(CC1CC1)C(CCN)c1ccccc1. The normalized spacial score (nSPS) is 17.1. The zero-order valence-electron chi connectivity index (χ0n) is 11.5. The Balaban J connectivity index is 2.09. The molecule has 100 valence electrons. The van der Waals surface area contributed by atoms with Crippen molar-refractivity contribution in [2.45, 2.75) is 38.6 Å². The molecule has 1 aromatic rings. The van der Waals surface area contributed by atoms with Crippen molar-refractivity contribution >= 4 is 0 Å². The molecule has 0 aromatic heterocycles. The number of nitrogens with two attached hydrogens (primary N) is 1. The van der Waals surface area contributed by atoms with E-state index in [1.165, 1.54) is 37.9 Å². The lowest BCUT2D eigenvalue weighted by atomic mass is 10.0. The van der Waals surface area contributed by atoms with Crippen LogP contribution in [0.3, 0.4) is 0 Å². The second-order valence-electron chi connectivity index (χ2n) is 5.44. The van der Waals surface area contributed by atoms with Gasteiger partial charge in [0.05, 0.1) is 0 Å². The number of rotatable bonds is 8. The van der Waals surface area contributed by atoms with Crippen molar-refractivity contribution in [3.05, 3.63) is 35.9 Å². The first-order valence-electron chi connectivity index (χ1n) is 7.34. The van der Waals surface area contributed by atoms with Crippen molar-refractivity contribution in [2.75, 3.05) is 19.6 Å². The maximum atomic E-state index is 5.82. The second kappa shape index (κ2) is 6.91. The molecule has 0 saturated heterocycles. The Bertz CT molecular complexity index is 332. The quantitative estimate of drug-likeness (QED) is 0.763. The summed E-state index contributed by atoms with van der Waals surface area (Å²) in [5, 5.41) is 0. The molecule has 1 fully saturated rings. The van der Waals surface area contributed by atoms with Gasteiger partial charge >= 0.3 is 0 Å². The average molecular weight is 246 g/mol. The maximum absolute atomic E-state index is 5.82. The molecule has 1 unspecified atom stereocenters. The van der Waals surface area contributed by atoms with Gasteiger partial charge in [-0.3, -0.25) is 4.90 Å². The number of nitrogens with zero attached hydrogens (tertiary/aromatic N) is 1. The van der Waals surface area contributed by atoms with Gasteiger partial charge in [0.2, 0.25) is 0 Å². The summed E-state index contributed by atoms with van der Waals surface area (Å²) in [6.07, 6.45) is 5.13. The summed E-state index contributed by atoms with van der Waals surface area (Å²) in [5.41, 5.74) is 7.25. The molecule has 2 nitrogen and oxygen atoms in total. The molecule has 2 heteroatoms. The van der Waals surface area contributed by atoms with Crippen LogP contribution in [0.4, 0.5) is 0 Å². The van der Waals surface area contributed by atoms with Gasteiger partial charge in [-0.2, -0.15) is 0 Å². The lowest BCUT2D eigenvalue weighted by molar-refractivity contribution is 0.181. The Kier molecular flexibility index (Phi) is 5.21. The monoisotopic (exact) mass is 246 g/mol. The summed E-state index contributed by atoms with van der Waals surface area (Å²) in [7, 11) is 0. The molecule has 0 radical (unpaired) electrons. The topological polar surface area (TPSA) is 29.3 Å². The van der Waals surface area contributed by atoms with E-state index in [9.17, 15) is 0 Å². The smallest absolute Gasteiger partial charge is 0.0360 e. The number of benzene rings is 1. The fourth-order valence-electron chi connectivity index (χ4n) is 2.69. The molecule has 18 heavy (non-hydrogen) atoms. The lowest BCUT2D eigenvalue weighted by Crippen LogP contribution is -2.33. The van der Waals surface area contributed by atoms with Crippen LogP contribution in [0.25, 0.3) is 0 Å². The fraction of sp³-hybridized carbons (Fsp3) is 0.625. The van der Waals surface area contributed by atoms with Crippen LogP contribution >= 0.6 is 0 Å². The Labute approximate surface area is 111 Å². The van der Waals surface area contributed by atoms with Gasteiger partial charge in [-0.1, -0.05) is 37.3 Å². The molecular weight excluding hydrogens is 220 g/mol. The van der Waals surface area contributed by atoms with E-state index in [2.05, 4.69) is 42.2 Å². The Morgan fingerprint density at radius 1 is 1.28 bits per heavy atom. The number of hydrogen-bond acceptors (Lipinski definition) is 2. The van der Waals surface area contributed by atoms with E-state index in [4.69, 9.17) is 5.73 Å². The van der Waals surface area contributed by atoms with Gasteiger partial charge in [-0.15, -0.1) is 0 Å². The van der Waals surface area contributed by atoms with E-state index in [1.54, 1.807) is 0 Å². The highest BCUT2D eigenvalue weighted by molar-refractivity contribution is 5.19. The third-order valence-electron chi connectivity index (χ3n) is 3.77. The number of hydrogen-bond donors (Lipinski definition) is 1. The van der Waals surface area contributed by atoms with Crippen molar-refractivity contribution in [3.8, 4) is 0 Å². The molecule has 2 N–H and O–H groups in total. The molecule has 2 rings (SSSR count). The minimum atomic E-state index is 0.511. The van der Waals surface area contributed by atoms with Crippen molar-refractivity contribution in [1.29, 1.82) is 0 Å². The highest BCUT2D eigenvalue weighted by Gasteiger charge is 2.27. The summed E-state index contributed by atoms with van der Waals surface area (Å²) >= 11 is 0. The zero-order chi connectivity index (χ0) is 12.8.